The molecule has 3 heterocycles. The lowest BCUT2D eigenvalue weighted by atomic mass is 9.91. The van der Waals surface area contributed by atoms with Gasteiger partial charge >= 0.3 is 5.97 Å². The van der Waals surface area contributed by atoms with Crippen LogP contribution in [0.15, 0.2) is 39.7 Å². The van der Waals surface area contributed by atoms with E-state index in [1.165, 1.54) is 52.5 Å². The lowest BCUT2D eigenvalue weighted by Crippen LogP contribution is -2.65. The van der Waals surface area contributed by atoms with Crippen molar-refractivity contribution in [3.05, 3.63) is 50.3 Å². The number of non-ortho nitro benzene ring substituents is 1. The van der Waals surface area contributed by atoms with Gasteiger partial charge in [0.2, 0.25) is 11.1 Å². The number of tetrazole rings is 1. The monoisotopic (exact) mass is 592 g/mol. The summed E-state index contributed by atoms with van der Waals surface area (Å²) in [4.78, 5) is 39.5. The Balaban J connectivity index is 1.53. The van der Waals surface area contributed by atoms with Gasteiger partial charge in [-0.15, -0.1) is 16.9 Å². The van der Waals surface area contributed by atoms with Crippen molar-refractivity contribution in [2.24, 2.45) is 13.0 Å². The van der Waals surface area contributed by atoms with Gasteiger partial charge in [0.15, 0.2) is 14.4 Å². The molecule has 0 aliphatic carbocycles. The first-order chi connectivity index (χ1) is 18.2. The SMILES string of the molecule is C[C@@H](O[Si](C)(C)C(C)(C)C)[C@@H]1C(=O)N2C(C(=O)OCc3ccc([N+](=O)[O-])cc3)C(=CSc3nnnn3C)S[C@H]12. The lowest BCUT2D eigenvalue weighted by molar-refractivity contribution is -0.384. The normalized spacial score (nSPS) is 22.9. The zero-order chi connectivity index (χ0) is 28.7. The number of aryl methyl sites for hydroxylation is 1. The van der Waals surface area contributed by atoms with Crippen molar-refractivity contribution < 1.29 is 23.7 Å². The van der Waals surface area contributed by atoms with Crippen molar-refractivity contribution in [2.45, 2.75) is 75.1 Å². The Hall–Kier alpha value is -2.75. The Bertz CT molecular complexity index is 1290. The molecular formula is C24H32N6O6S2Si. The summed E-state index contributed by atoms with van der Waals surface area (Å²) in [6, 6.07) is 4.88. The molecule has 4 rings (SSSR count). The smallest absolute Gasteiger partial charge is 0.334 e. The Morgan fingerprint density at radius 1 is 1.31 bits per heavy atom. The molecule has 2 aromatic rings. The van der Waals surface area contributed by atoms with Crippen molar-refractivity contribution in [3.8, 4) is 0 Å². The molecule has 1 unspecified atom stereocenters. The number of hydrogen-bond acceptors (Lipinski definition) is 11. The van der Waals surface area contributed by atoms with E-state index in [9.17, 15) is 19.7 Å². The van der Waals surface area contributed by atoms with Crippen molar-refractivity contribution in [1.82, 2.24) is 25.1 Å². The second-order valence-corrected chi connectivity index (χ2v) is 17.8. The maximum Gasteiger partial charge on any atom is 0.334 e. The molecule has 2 aliphatic rings. The van der Waals surface area contributed by atoms with E-state index in [0.29, 0.717) is 15.6 Å². The summed E-state index contributed by atoms with van der Waals surface area (Å²) in [6.45, 7) is 12.6. The number of carbonyl (C=O) groups excluding carboxylic acids is 2. The van der Waals surface area contributed by atoms with Crippen LogP contribution >= 0.6 is 23.5 Å². The molecule has 0 N–H and O–H groups in total. The number of nitro groups is 1. The van der Waals surface area contributed by atoms with E-state index in [-0.39, 0.29) is 40.6 Å². The molecule has 12 nitrogen and oxygen atoms in total. The summed E-state index contributed by atoms with van der Waals surface area (Å²) in [5.74, 6) is -1.11. The summed E-state index contributed by atoms with van der Waals surface area (Å²) < 4.78 is 13.6. The number of ether oxygens (including phenoxy) is 1. The largest absolute Gasteiger partial charge is 0.459 e. The predicted molar refractivity (Wildman–Crippen MR) is 149 cm³/mol. The molecular weight excluding hydrogens is 561 g/mol. The number of benzene rings is 1. The quantitative estimate of drug-likeness (QED) is 0.104. The average Bonchev–Trinajstić information content (AvgIpc) is 3.40. The number of carbonyl (C=O) groups is 2. The highest BCUT2D eigenvalue weighted by Gasteiger charge is 2.61. The molecule has 1 aromatic heterocycles. The summed E-state index contributed by atoms with van der Waals surface area (Å²) in [7, 11) is -0.406. The molecule has 0 spiro atoms. The van der Waals surface area contributed by atoms with Gasteiger partial charge in [-0.25, -0.2) is 9.48 Å². The van der Waals surface area contributed by atoms with Crippen molar-refractivity contribution in [2.75, 3.05) is 0 Å². The Morgan fingerprint density at radius 2 is 1.97 bits per heavy atom. The predicted octanol–water partition coefficient (Wildman–Crippen LogP) is 4.11. The lowest BCUT2D eigenvalue weighted by Gasteiger charge is -2.48. The molecule has 1 amide bonds. The highest BCUT2D eigenvalue weighted by atomic mass is 32.2. The van der Waals surface area contributed by atoms with Crippen LogP contribution in [0.2, 0.25) is 18.1 Å². The Morgan fingerprint density at radius 3 is 2.54 bits per heavy atom. The minimum absolute atomic E-state index is 0.00733. The van der Waals surface area contributed by atoms with Crippen LogP contribution in [0, 0.1) is 16.0 Å². The molecule has 2 aliphatic heterocycles. The van der Waals surface area contributed by atoms with Crippen LogP contribution in [0.5, 0.6) is 0 Å². The molecule has 2 saturated heterocycles. The van der Waals surface area contributed by atoms with Crippen molar-refractivity contribution in [3.63, 3.8) is 0 Å². The molecule has 0 saturated carbocycles. The molecule has 0 radical (unpaired) electrons. The van der Waals surface area contributed by atoms with E-state index in [4.69, 9.17) is 9.16 Å². The number of fused-ring (bicyclic) bond motifs is 1. The van der Waals surface area contributed by atoms with Crippen LogP contribution in [0.3, 0.4) is 0 Å². The maximum absolute atomic E-state index is 13.4. The minimum Gasteiger partial charge on any atom is -0.459 e. The fourth-order valence-corrected chi connectivity index (χ4v) is 7.96. The highest BCUT2D eigenvalue weighted by Crippen LogP contribution is 2.53. The van der Waals surface area contributed by atoms with E-state index in [0.717, 1.165) is 0 Å². The second kappa shape index (κ2) is 11.0. The fourth-order valence-electron chi connectivity index (χ4n) is 4.10. The molecule has 15 heteroatoms. The van der Waals surface area contributed by atoms with Crippen molar-refractivity contribution >= 4 is 49.4 Å². The number of nitro benzene ring substituents is 1. The molecule has 1 aromatic carbocycles. The van der Waals surface area contributed by atoms with Gasteiger partial charge in [-0.1, -0.05) is 32.5 Å². The molecule has 2 fully saturated rings. The summed E-state index contributed by atoms with van der Waals surface area (Å²) in [5.41, 5.74) is 0.553. The van der Waals surface area contributed by atoms with E-state index < -0.39 is 25.3 Å². The zero-order valence-corrected chi connectivity index (χ0v) is 25.5. The van der Waals surface area contributed by atoms with Gasteiger partial charge in [-0.3, -0.25) is 14.9 Å². The second-order valence-electron chi connectivity index (χ2n) is 11.0. The van der Waals surface area contributed by atoms with Gasteiger partial charge in [-0.05, 0) is 58.6 Å². The summed E-state index contributed by atoms with van der Waals surface area (Å²) >= 11 is 2.71. The summed E-state index contributed by atoms with van der Waals surface area (Å²) in [5, 5.41) is 24.4. The van der Waals surface area contributed by atoms with Crippen LogP contribution in [-0.2, 0) is 32.4 Å². The van der Waals surface area contributed by atoms with Crippen LogP contribution in [-0.4, -0.2) is 67.7 Å². The molecule has 4 atom stereocenters. The van der Waals surface area contributed by atoms with Gasteiger partial charge < -0.3 is 14.1 Å². The third-order valence-corrected chi connectivity index (χ3v) is 14.4. The summed E-state index contributed by atoms with van der Waals surface area (Å²) in [6.07, 6.45) is -0.307. The zero-order valence-electron chi connectivity index (χ0n) is 22.9. The third-order valence-electron chi connectivity index (χ3n) is 7.33. The highest BCUT2D eigenvalue weighted by molar-refractivity contribution is 8.06. The topological polar surface area (TPSA) is 143 Å². The van der Waals surface area contributed by atoms with Gasteiger partial charge in [0, 0.05) is 24.1 Å². The number of amides is 1. The molecule has 0 bridgehead atoms. The Labute approximate surface area is 236 Å². The number of hydrogen-bond donors (Lipinski definition) is 0. The fraction of sp³-hybridized carbons (Fsp3) is 0.542. The standard InChI is InChI=1S/C24H32N6O6S2Si/c1-14(36-39(6,7)24(2,3)4)18-20(31)29-19(17(38-21(18)29)13-37-23-25-26-27-28(23)5)22(32)35-12-15-8-10-16(11-9-15)30(33)34/h8-11,13-14,18-19,21H,12H2,1-7H3/t14-,18-,19?,21-/m1/s1. The van der Waals surface area contributed by atoms with Gasteiger partial charge in [0.25, 0.3) is 5.69 Å². The number of rotatable bonds is 9. The van der Waals surface area contributed by atoms with Crippen molar-refractivity contribution in [1.29, 1.82) is 0 Å². The van der Waals surface area contributed by atoms with Crippen LogP contribution in [0.1, 0.15) is 33.3 Å². The number of β-lactam (4-membered cyclic amide) rings is 1. The Kier molecular flexibility index (Phi) is 8.26. The van der Waals surface area contributed by atoms with Gasteiger partial charge in [0.1, 0.15) is 6.61 Å². The van der Waals surface area contributed by atoms with E-state index in [2.05, 4.69) is 49.4 Å². The first-order valence-corrected chi connectivity index (χ1v) is 17.0. The van der Waals surface area contributed by atoms with E-state index in [1.54, 1.807) is 17.4 Å². The third kappa shape index (κ3) is 5.90. The van der Waals surface area contributed by atoms with Crippen LogP contribution < -0.4 is 0 Å². The van der Waals surface area contributed by atoms with Gasteiger partial charge in [-0.2, -0.15) is 0 Å². The maximum atomic E-state index is 13.4. The van der Waals surface area contributed by atoms with Crippen LogP contribution in [0.4, 0.5) is 5.69 Å². The van der Waals surface area contributed by atoms with E-state index in [1.807, 2.05) is 6.92 Å². The first kappa shape index (κ1) is 29.2. The first-order valence-electron chi connectivity index (χ1n) is 12.4. The van der Waals surface area contributed by atoms with E-state index >= 15 is 0 Å². The average molecular weight is 593 g/mol. The number of aromatic nitrogens is 4. The number of thioether (sulfide) groups is 2. The molecule has 39 heavy (non-hydrogen) atoms. The van der Waals surface area contributed by atoms with Crippen LogP contribution in [0.25, 0.3) is 0 Å². The molecule has 210 valence electrons. The van der Waals surface area contributed by atoms with Gasteiger partial charge in [0.05, 0.1) is 22.3 Å². The minimum atomic E-state index is -2.12. The number of esters is 1. The number of nitrogens with zero attached hydrogens (tertiary/aromatic N) is 6.